The molecule has 0 aliphatic carbocycles. The highest BCUT2D eigenvalue weighted by atomic mass is 32.2. The van der Waals surface area contributed by atoms with Gasteiger partial charge in [-0.25, -0.2) is 8.42 Å². The third kappa shape index (κ3) is 5.09. The number of rotatable bonds is 6. The summed E-state index contributed by atoms with van der Waals surface area (Å²) in [4.78, 5) is 14.9. The van der Waals surface area contributed by atoms with Gasteiger partial charge in [0.05, 0.1) is 25.2 Å². The number of methoxy groups -OCH3 is 1. The minimum Gasteiger partial charge on any atom is -0.496 e. The molecule has 0 bridgehead atoms. The molecule has 33 heavy (non-hydrogen) atoms. The molecule has 2 aromatic carbocycles. The zero-order chi connectivity index (χ0) is 23.4. The number of carbonyl (C=O) groups excluding carboxylic acids is 1. The van der Waals surface area contributed by atoms with Crippen molar-refractivity contribution in [1.29, 1.82) is 0 Å². The summed E-state index contributed by atoms with van der Waals surface area (Å²) >= 11 is 0. The van der Waals surface area contributed by atoms with Crippen molar-refractivity contribution < 1.29 is 27.4 Å². The summed E-state index contributed by atoms with van der Waals surface area (Å²) in [5.74, 6) is 1.58. The van der Waals surface area contributed by atoms with Crippen LogP contribution in [0.15, 0.2) is 47.4 Å². The highest BCUT2D eigenvalue weighted by molar-refractivity contribution is 7.89. The highest BCUT2D eigenvalue weighted by Crippen LogP contribution is 2.34. The Morgan fingerprint density at radius 3 is 2.52 bits per heavy atom. The number of hydrogen-bond donors (Lipinski definition) is 0. The first-order valence-corrected chi connectivity index (χ1v) is 12.6. The quantitative estimate of drug-likeness (QED) is 0.640. The molecule has 0 N–H and O–H groups in total. The van der Waals surface area contributed by atoms with E-state index in [4.69, 9.17) is 14.2 Å². The number of amides is 1. The van der Waals surface area contributed by atoms with E-state index >= 15 is 0 Å². The molecular weight excluding hydrogens is 444 g/mol. The van der Waals surface area contributed by atoms with Gasteiger partial charge in [0.1, 0.15) is 5.75 Å². The predicted octanol–water partition coefficient (Wildman–Crippen LogP) is 2.92. The van der Waals surface area contributed by atoms with Gasteiger partial charge in [0, 0.05) is 50.7 Å². The topological polar surface area (TPSA) is 85.4 Å². The number of hydrogen-bond acceptors (Lipinski definition) is 6. The predicted molar refractivity (Wildman–Crippen MR) is 123 cm³/mol. The zero-order valence-corrected chi connectivity index (χ0v) is 19.8. The van der Waals surface area contributed by atoms with Gasteiger partial charge in [-0.1, -0.05) is 18.2 Å². The Bertz CT molecular complexity index is 1100. The Morgan fingerprint density at radius 2 is 1.79 bits per heavy atom. The third-order valence-corrected chi connectivity index (χ3v) is 8.03. The largest absolute Gasteiger partial charge is 0.496 e. The lowest BCUT2D eigenvalue weighted by atomic mass is 9.96. The summed E-state index contributed by atoms with van der Waals surface area (Å²) in [6, 6.07) is 12.4. The molecule has 0 atom stereocenters. The number of piperidine rings is 1. The number of para-hydroxylation sites is 1. The molecule has 1 amide bonds. The van der Waals surface area contributed by atoms with E-state index in [1.807, 2.05) is 24.3 Å². The van der Waals surface area contributed by atoms with E-state index in [1.54, 1.807) is 31.2 Å². The van der Waals surface area contributed by atoms with Gasteiger partial charge in [-0.05, 0) is 31.0 Å². The molecule has 9 heteroatoms. The van der Waals surface area contributed by atoms with E-state index in [2.05, 4.69) is 0 Å². The van der Waals surface area contributed by atoms with Crippen LogP contribution in [0.4, 0.5) is 0 Å². The second kappa shape index (κ2) is 10.0. The lowest BCUT2D eigenvalue weighted by Crippen LogP contribution is -2.43. The average Bonchev–Trinajstić information content (AvgIpc) is 3.09. The first kappa shape index (κ1) is 23.4. The van der Waals surface area contributed by atoms with Crippen molar-refractivity contribution in [3.8, 4) is 17.2 Å². The van der Waals surface area contributed by atoms with Crippen LogP contribution in [0, 0.1) is 5.92 Å². The summed E-state index contributed by atoms with van der Waals surface area (Å²) in [5.41, 5.74) is 0.935. The van der Waals surface area contributed by atoms with Crippen LogP contribution in [0.1, 0.15) is 24.8 Å². The van der Waals surface area contributed by atoms with E-state index in [-0.39, 0.29) is 16.7 Å². The summed E-state index contributed by atoms with van der Waals surface area (Å²) in [7, 11) is -0.293. The molecule has 1 saturated heterocycles. The molecule has 2 aliphatic rings. The summed E-state index contributed by atoms with van der Waals surface area (Å²) in [5, 5.41) is 0. The Labute approximate surface area is 195 Å². The van der Waals surface area contributed by atoms with Crippen LogP contribution in [0.25, 0.3) is 0 Å². The number of carbonyl (C=O) groups is 1. The van der Waals surface area contributed by atoms with E-state index in [1.165, 1.54) is 10.4 Å². The van der Waals surface area contributed by atoms with E-state index < -0.39 is 10.0 Å². The number of benzene rings is 2. The average molecular weight is 475 g/mol. The van der Waals surface area contributed by atoms with Crippen molar-refractivity contribution >= 4 is 15.9 Å². The standard InChI is InChI=1S/C24H30N2O6S/c1-25(17-19-6-3-4-7-21(19)30-2)24(27)18-10-12-26(13-11-18)33(28,29)20-8-9-22-23(16-20)32-15-5-14-31-22/h3-4,6-9,16,18H,5,10-15,17H2,1-2H3. The van der Waals surface area contributed by atoms with Crippen molar-refractivity contribution in [1.82, 2.24) is 9.21 Å². The van der Waals surface area contributed by atoms with Gasteiger partial charge in [0.15, 0.2) is 11.5 Å². The van der Waals surface area contributed by atoms with Crippen LogP contribution in [-0.4, -0.2) is 64.0 Å². The molecule has 4 rings (SSSR count). The minimum atomic E-state index is -3.68. The SMILES string of the molecule is COc1ccccc1CN(C)C(=O)C1CCN(S(=O)(=O)c2ccc3c(c2)OCCCO3)CC1. The lowest BCUT2D eigenvalue weighted by Gasteiger charge is -2.32. The first-order chi connectivity index (χ1) is 15.9. The third-order valence-electron chi connectivity index (χ3n) is 6.14. The monoisotopic (exact) mass is 474 g/mol. The van der Waals surface area contributed by atoms with E-state index in [0.29, 0.717) is 57.2 Å². The molecule has 2 heterocycles. The fourth-order valence-electron chi connectivity index (χ4n) is 4.27. The number of nitrogens with zero attached hydrogens (tertiary/aromatic N) is 2. The molecule has 178 valence electrons. The molecule has 0 saturated carbocycles. The Hall–Kier alpha value is -2.78. The van der Waals surface area contributed by atoms with Gasteiger partial charge >= 0.3 is 0 Å². The molecule has 2 aliphatic heterocycles. The van der Waals surface area contributed by atoms with Crippen LogP contribution in [-0.2, 0) is 21.4 Å². The second-order valence-electron chi connectivity index (χ2n) is 8.34. The fraction of sp³-hybridized carbons (Fsp3) is 0.458. The van der Waals surface area contributed by atoms with Gasteiger partial charge in [-0.3, -0.25) is 4.79 Å². The van der Waals surface area contributed by atoms with Gasteiger partial charge in [-0.2, -0.15) is 4.31 Å². The fourth-order valence-corrected chi connectivity index (χ4v) is 5.76. The Balaban J connectivity index is 1.39. The highest BCUT2D eigenvalue weighted by Gasteiger charge is 2.34. The second-order valence-corrected chi connectivity index (χ2v) is 10.3. The lowest BCUT2D eigenvalue weighted by molar-refractivity contribution is -0.135. The number of sulfonamides is 1. The number of ether oxygens (including phenoxy) is 3. The van der Waals surface area contributed by atoms with Crippen molar-refractivity contribution in [2.45, 2.75) is 30.7 Å². The Kier molecular flexibility index (Phi) is 7.09. The molecule has 8 nitrogen and oxygen atoms in total. The maximum Gasteiger partial charge on any atom is 0.243 e. The van der Waals surface area contributed by atoms with Crippen LogP contribution in [0.2, 0.25) is 0 Å². The van der Waals surface area contributed by atoms with E-state index in [0.717, 1.165) is 17.7 Å². The van der Waals surface area contributed by atoms with Gasteiger partial charge in [0.25, 0.3) is 0 Å². The summed E-state index contributed by atoms with van der Waals surface area (Å²) < 4.78 is 44.5. The van der Waals surface area contributed by atoms with Gasteiger partial charge < -0.3 is 19.1 Å². The summed E-state index contributed by atoms with van der Waals surface area (Å²) in [6.45, 7) is 2.09. The smallest absolute Gasteiger partial charge is 0.243 e. The van der Waals surface area contributed by atoms with Crippen LogP contribution in [0.5, 0.6) is 17.2 Å². The maximum absolute atomic E-state index is 13.2. The van der Waals surface area contributed by atoms with Crippen LogP contribution in [0.3, 0.4) is 0 Å². The number of fused-ring (bicyclic) bond motifs is 1. The van der Waals surface area contributed by atoms with E-state index in [9.17, 15) is 13.2 Å². The normalized spacial score (nSPS) is 17.3. The maximum atomic E-state index is 13.2. The first-order valence-electron chi connectivity index (χ1n) is 11.2. The van der Waals surface area contributed by atoms with Crippen molar-refractivity contribution in [2.75, 3.05) is 40.5 Å². The van der Waals surface area contributed by atoms with Crippen LogP contribution < -0.4 is 14.2 Å². The molecule has 0 aromatic heterocycles. The summed E-state index contributed by atoms with van der Waals surface area (Å²) in [6.07, 6.45) is 1.72. The molecule has 2 aromatic rings. The van der Waals surface area contributed by atoms with Gasteiger partial charge in [-0.15, -0.1) is 0 Å². The van der Waals surface area contributed by atoms with Crippen molar-refractivity contribution in [2.24, 2.45) is 5.92 Å². The van der Waals surface area contributed by atoms with Crippen molar-refractivity contribution in [3.05, 3.63) is 48.0 Å². The minimum absolute atomic E-state index is 0.0218. The van der Waals surface area contributed by atoms with Crippen molar-refractivity contribution in [3.63, 3.8) is 0 Å². The molecule has 1 fully saturated rings. The molecule has 0 unspecified atom stereocenters. The molecule has 0 radical (unpaired) electrons. The zero-order valence-electron chi connectivity index (χ0n) is 19.0. The molecule has 0 spiro atoms. The van der Waals surface area contributed by atoms with Gasteiger partial charge in [0.2, 0.25) is 15.9 Å². The van der Waals surface area contributed by atoms with Crippen LogP contribution >= 0.6 is 0 Å². The Morgan fingerprint density at radius 1 is 1.09 bits per heavy atom. The molecular formula is C24H30N2O6S.